The Morgan fingerprint density at radius 2 is 1.77 bits per heavy atom. The van der Waals surface area contributed by atoms with Crippen LogP contribution in [0.2, 0.25) is 9.36 Å². The molecule has 0 saturated carbocycles. The van der Waals surface area contributed by atoms with E-state index in [1.807, 2.05) is 30.3 Å². The zero-order valence-corrected chi connectivity index (χ0v) is 14.4. The average molecular weight is 348 g/mol. The first kappa shape index (κ1) is 15.4. The van der Waals surface area contributed by atoms with Crippen LogP contribution < -0.4 is 5.73 Å². The van der Waals surface area contributed by atoms with Crippen LogP contribution in [0.4, 0.5) is 5.69 Å². The lowest BCUT2D eigenvalue weighted by Crippen LogP contribution is -1.90. The van der Waals surface area contributed by atoms with Gasteiger partial charge in [0.25, 0.3) is 0 Å². The Labute approximate surface area is 144 Å². The summed E-state index contributed by atoms with van der Waals surface area (Å²) in [6, 6.07) is 16.2. The molecule has 0 fully saturated rings. The molecule has 112 valence electrons. The Morgan fingerprint density at radius 1 is 1.05 bits per heavy atom. The molecular weight excluding hydrogens is 333 g/mol. The van der Waals surface area contributed by atoms with Gasteiger partial charge in [-0.1, -0.05) is 60.5 Å². The number of hydrogen-bond donors (Lipinski definition) is 1. The lowest BCUT2D eigenvalue weighted by molar-refractivity contribution is 1.14. The molecule has 0 unspecified atom stereocenters. The molecule has 3 rings (SSSR count). The maximum Gasteiger partial charge on any atom is 0.116 e. The lowest BCUT2D eigenvalue weighted by Gasteiger charge is -2.13. The van der Waals surface area contributed by atoms with E-state index in [0.29, 0.717) is 10.0 Å². The van der Waals surface area contributed by atoms with Gasteiger partial charge in [0, 0.05) is 15.5 Å². The number of rotatable bonds is 3. The van der Waals surface area contributed by atoms with Gasteiger partial charge in [0.15, 0.2) is 0 Å². The van der Waals surface area contributed by atoms with Crippen molar-refractivity contribution in [1.82, 2.24) is 0 Å². The van der Waals surface area contributed by atoms with Crippen molar-refractivity contribution in [2.75, 3.05) is 5.73 Å². The van der Waals surface area contributed by atoms with Crippen LogP contribution >= 0.6 is 34.5 Å². The van der Waals surface area contributed by atoms with Crippen molar-refractivity contribution in [2.45, 2.75) is 13.3 Å². The molecule has 2 aromatic carbocycles. The van der Waals surface area contributed by atoms with Gasteiger partial charge in [-0.05, 0) is 41.3 Å². The number of hydrogen-bond acceptors (Lipinski definition) is 2. The highest BCUT2D eigenvalue weighted by Crippen LogP contribution is 2.42. The van der Waals surface area contributed by atoms with Crippen LogP contribution in [-0.4, -0.2) is 0 Å². The fourth-order valence-electron chi connectivity index (χ4n) is 2.56. The van der Waals surface area contributed by atoms with E-state index in [4.69, 9.17) is 28.9 Å². The van der Waals surface area contributed by atoms with E-state index in [9.17, 15) is 0 Å². The highest BCUT2D eigenvalue weighted by atomic mass is 35.5. The quantitative estimate of drug-likeness (QED) is 0.572. The molecule has 0 aliphatic rings. The zero-order chi connectivity index (χ0) is 15.7. The third-order valence-electron chi connectivity index (χ3n) is 3.65. The SMILES string of the molecule is CCc1cccc(-c2ccc(Cl)cc2)c1-c1cc(N)c(Cl)s1. The van der Waals surface area contributed by atoms with Crippen molar-refractivity contribution in [1.29, 1.82) is 0 Å². The average Bonchev–Trinajstić information content (AvgIpc) is 2.86. The van der Waals surface area contributed by atoms with Crippen molar-refractivity contribution in [3.63, 3.8) is 0 Å². The first-order valence-corrected chi connectivity index (χ1v) is 8.60. The van der Waals surface area contributed by atoms with E-state index in [-0.39, 0.29) is 0 Å². The number of nitrogen functional groups attached to an aromatic ring is 1. The van der Waals surface area contributed by atoms with Gasteiger partial charge in [-0.15, -0.1) is 11.3 Å². The minimum atomic E-state index is 0.634. The van der Waals surface area contributed by atoms with Crippen LogP contribution in [0.1, 0.15) is 12.5 Å². The van der Waals surface area contributed by atoms with Gasteiger partial charge < -0.3 is 5.73 Å². The molecule has 1 nitrogen and oxygen atoms in total. The van der Waals surface area contributed by atoms with Gasteiger partial charge in [-0.3, -0.25) is 0 Å². The monoisotopic (exact) mass is 347 g/mol. The molecule has 2 N–H and O–H groups in total. The summed E-state index contributed by atoms with van der Waals surface area (Å²) in [5, 5.41) is 0.736. The van der Waals surface area contributed by atoms with Crippen molar-refractivity contribution >= 4 is 40.2 Å². The van der Waals surface area contributed by atoms with Gasteiger partial charge in [-0.2, -0.15) is 0 Å². The Balaban J connectivity index is 2.24. The summed E-state index contributed by atoms with van der Waals surface area (Å²) in [7, 11) is 0. The summed E-state index contributed by atoms with van der Waals surface area (Å²) in [4.78, 5) is 1.10. The standard InChI is InChI=1S/C18H15Cl2NS/c1-2-11-4-3-5-14(12-6-8-13(19)9-7-12)17(11)16-10-15(21)18(20)22-16/h3-10H,2,21H2,1H3. The first-order valence-electron chi connectivity index (χ1n) is 7.03. The molecule has 0 bridgehead atoms. The van der Waals surface area contributed by atoms with E-state index in [2.05, 4.69) is 25.1 Å². The lowest BCUT2D eigenvalue weighted by atomic mass is 9.93. The molecule has 3 aromatic rings. The molecule has 0 saturated heterocycles. The summed E-state index contributed by atoms with van der Waals surface area (Å²) in [6.45, 7) is 2.16. The molecule has 0 aliphatic carbocycles. The predicted molar refractivity (Wildman–Crippen MR) is 99.0 cm³/mol. The summed E-state index contributed by atoms with van der Waals surface area (Å²) in [6.07, 6.45) is 0.951. The predicted octanol–water partition coefficient (Wildman–Crippen LogP) is 6.53. The van der Waals surface area contributed by atoms with E-state index in [0.717, 1.165) is 21.9 Å². The summed E-state index contributed by atoms with van der Waals surface area (Å²) in [5.74, 6) is 0. The molecular formula is C18H15Cl2NS. The molecule has 0 radical (unpaired) electrons. The van der Waals surface area contributed by atoms with Crippen LogP contribution in [0, 0.1) is 0 Å². The minimum Gasteiger partial charge on any atom is -0.397 e. The van der Waals surface area contributed by atoms with Crippen molar-refractivity contribution in [3.05, 3.63) is 63.5 Å². The Hall–Kier alpha value is -1.48. The minimum absolute atomic E-state index is 0.634. The van der Waals surface area contributed by atoms with E-state index in [1.165, 1.54) is 28.0 Å². The van der Waals surface area contributed by atoms with Crippen LogP contribution in [0.15, 0.2) is 48.5 Å². The van der Waals surface area contributed by atoms with E-state index < -0.39 is 0 Å². The summed E-state index contributed by atoms with van der Waals surface area (Å²) >= 11 is 13.7. The van der Waals surface area contributed by atoms with Crippen molar-refractivity contribution < 1.29 is 0 Å². The largest absolute Gasteiger partial charge is 0.397 e. The van der Waals surface area contributed by atoms with Gasteiger partial charge in [0.2, 0.25) is 0 Å². The first-order chi connectivity index (χ1) is 10.6. The molecule has 4 heteroatoms. The van der Waals surface area contributed by atoms with Gasteiger partial charge >= 0.3 is 0 Å². The zero-order valence-electron chi connectivity index (χ0n) is 12.1. The fraction of sp³-hybridized carbons (Fsp3) is 0.111. The number of thiophene rings is 1. The molecule has 0 atom stereocenters. The van der Waals surface area contributed by atoms with Gasteiger partial charge in [0.1, 0.15) is 4.34 Å². The van der Waals surface area contributed by atoms with Crippen LogP contribution in [-0.2, 0) is 6.42 Å². The van der Waals surface area contributed by atoms with E-state index in [1.54, 1.807) is 0 Å². The molecule has 0 amide bonds. The number of aryl methyl sites for hydroxylation is 1. The Bertz CT molecular complexity index is 787. The highest BCUT2D eigenvalue weighted by molar-refractivity contribution is 7.20. The Morgan fingerprint density at radius 3 is 2.36 bits per heavy atom. The molecule has 0 spiro atoms. The third-order valence-corrected chi connectivity index (χ3v) is 5.30. The van der Waals surface area contributed by atoms with Crippen molar-refractivity contribution in [2.24, 2.45) is 0 Å². The number of halogens is 2. The van der Waals surface area contributed by atoms with Crippen LogP contribution in [0.3, 0.4) is 0 Å². The summed E-state index contributed by atoms with van der Waals surface area (Å²) < 4.78 is 0.642. The number of benzene rings is 2. The van der Waals surface area contributed by atoms with Crippen LogP contribution in [0.25, 0.3) is 21.6 Å². The number of anilines is 1. The summed E-state index contributed by atoms with van der Waals surface area (Å²) in [5.41, 5.74) is 11.4. The van der Waals surface area contributed by atoms with E-state index >= 15 is 0 Å². The maximum absolute atomic E-state index is 6.17. The fourth-order valence-corrected chi connectivity index (χ4v) is 3.89. The second kappa shape index (κ2) is 6.33. The van der Waals surface area contributed by atoms with Crippen LogP contribution in [0.5, 0.6) is 0 Å². The molecule has 0 aliphatic heterocycles. The molecule has 1 heterocycles. The van der Waals surface area contributed by atoms with Gasteiger partial charge in [-0.25, -0.2) is 0 Å². The Kier molecular flexibility index (Phi) is 4.44. The van der Waals surface area contributed by atoms with Gasteiger partial charge in [0.05, 0.1) is 5.69 Å². The number of nitrogens with two attached hydrogens (primary N) is 1. The topological polar surface area (TPSA) is 26.0 Å². The molecule has 1 aromatic heterocycles. The van der Waals surface area contributed by atoms with Crippen molar-refractivity contribution in [3.8, 4) is 21.6 Å². The smallest absolute Gasteiger partial charge is 0.116 e. The highest BCUT2D eigenvalue weighted by Gasteiger charge is 2.15. The third kappa shape index (κ3) is 2.87. The second-order valence-corrected chi connectivity index (χ2v) is 7.13. The molecule has 22 heavy (non-hydrogen) atoms. The normalized spacial score (nSPS) is 10.9. The maximum atomic E-state index is 6.17. The second-order valence-electron chi connectivity index (χ2n) is 5.04.